The van der Waals surface area contributed by atoms with Gasteiger partial charge >= 0.3 is 0 Å². The maximum Gasteiger partial charge on any atom is 0.269 e. The largest absolute Gasteiger partial charge is 0.388 e. The fraction of sp³-hybridized carbons (Fsp3) is 0.200. The molecule has 94 valence electrons. The maximum atomic E-state index is 10.7. The SMILES string of the molecule is CNc1ccc([N+](=O)[O-])cc1CSc1ncn[nH]1. The molecule has 1 aromatic heterocycles. The number of anilines is 1. The van der Waals surface area contributed by atoms with Crippen LogP contribution in [0.25, 0.3) is 0 Å². The van der Waals surface area contributed by atoms with Crippen LogP contribution in [0.3, 0.4) is 0 Å². The number of non-ortho nitro benzene ring substituents is 1. The number of rotatable bonds is 5. The van der Waals surface area contributed by atoms with Gasteiger partial charge < -0.3 is 5.32 Å². The van der Waals surface area contributed by atoms with Crippen molar-refractivity contribution in [3.8, 4) is 0 Å². The van der Waals surface area contributed by atoms with Gasteiger partial charge in [0.2, 0.25) is 0 Å². The fourth-order valence-electron chi connectivity index (χ4n) is 1.47. The Labute approximate surface area is 107 Å². The third kappa shape index (κ3) is 2.77. The first-order valence-electron chi connectivity index (χ1n) is 5.14. The molecule has 0 unspecified atom stereocenters. The minimum Gasteiger partial charge on any atom is -0.388 e. The highest BCUT2D eigenvalue weighted by Crippen LogP contribution is 2.27. The van der Waals surface area contributed by atoms with E-state index in [4.69, 9.17) is 0 Å². The molecule has 1 aromatic carbocycles. The number of H-pyrrole nitrogens is 1. The monoisotopic (exact) mass is 265 g/mol. The number of nitrogens with one attached hydrogen (secondary N) is 2. The van der Waals surface area contributed by atoms with Crippen LogP contribution >= 0.6 is 11.8 Å². The lowest BCUT2D eigenvalue weighted by atomic mass is 10.2. The summed E-state index contributed by atoms with van der Waals surface area (Å²) in [7, 11) is 1.78. The number of thioether (sulfide) groups is 1. The van der Waals surface area contributed by atoms with E-state index in [2.05, 4.69) is 20.5 Å². The first kappa shape index (κ1) is 12.4. The average Bonchev–Trinajstić information content (AvgIpc) is 2.89. The maximum absolute atomic E-state index is 10.7. The molecule has 0 aliphatic carbocycles. The smallest absolute Gasteiger partial charge is 0.269 e. The second-order valence-electron chi connectivity index (χ2n) is 3.43. The van der Waals surface area contributed by atoms with Gasteiger partial charge in [0.1, 0.15) is 6.33 Å². The van der Waals surface area contributed by atoms with Gasteiger partial charge in [-0.15, -0.1) is 0 Å². The Morgan fingerprint density at radius 1 is 1.56 bits per heavy atom. The van der Waals surface area contributed by atoms with Crippen molar-refractivity contribution >= 4 is 23.1 Å². The van der Waals surface area contributed by atoms with Crippen LogP contribution in [0.4, 0.5) is 11.4 Å². The summed E-state index contributed by atoms with van der Waals surface area (Å²) in [6, 6.07) is 4.75. The number of nitro benzene ring substituents is 1. The highest BCUT2D eigenvalue weighted by molar-refractivity contribution is 7.98. The van der Waals surface area contributed by atoms with Crippen LogP contribution in [-0.4, -0.2) is 27.2 Å². The molecule has 2 aromatic rings. The molecular weight excluding hydrogens is 254 g/mol. The average molecular weight is 265 g/mol. The zero-order valence-electron chi connectivity index (χ0n) is 9.58. The summed E-state index contributed by atoms with van der Waals surface area (Å²) < 4.78 is 0. The minimum absolute atomic E-state index is 0.0853. The predicted molar refractivity (Wildman–Crippen MR) is 68.6 cm³/mol. The van der Waals surface area contributed by atoms with Gasteiger partial charge in [-0.3, -0.25) is 15.2 Å². The topological polar surface area (TPSA) is 96.7 Å². The van der Waals surface area contributed by atoms with Crippen molar-refractivity contribution in [2.45, 2.75) is 10.9 Å². The molecular formula is C10H11N5O2S. The summed E-state index contributed by atoms with van der Waals surface area (Å²) in [5.41, 5.74) is 1.81. The second-order valence-corrected chi connectivity index (χ2v) is 4.39. The minimum atomic E-state index is -0.401. The van der Waals surface area contributed by atoms with Gasteiger partial charge in [-0.05, 0) is 11.6 Å². The zero-order chi connectivity index (χ0) is 13.0. The lowest BCUT2D eigenvalue weighted by molar-refractivity contribution is -0.384. The highest BCUT2D eigenvalue weighted by Gasteiger charge is 2.10. The Morgan fingerprint density at radius 3 is 3.00 bits per heavy atom. The van der Waals surface area contributed by atoms with Gasteiger partial charge in [-0.2, -0.15) is 5.10 Å². The Hall–Kier alpha value is -2.09. The lowest BCUT2D eigenvalue weighted by Crippen LogP contribution is -1.97. The van der Waals surface area contributed by atoms with Crippen LogP contribution in [0.1, 0.15) is 5.56 Å². The number of benzene rings is 1. The molecule has 0 saturated heterocycles. The Kier molecular flexibility index (Phi) is 3.78. The quantitative estimate of drug-likeness (QED) is 0.488. The molecule has 0 aliphatic heterocycles. The van der Waals surface area contributed by atoms with E-state index in [9.17, 15) is 10.1 Å². The van der Waals surface area contributed by atoms with E-state index in [-0.39, 0.29) is 5.69 Å². The molecule has 8 heteroatoms. The molecule has 0 spiro atoms. The standard InChI is InChI=1S/C10H11N5O2S/c1-11-9-3-2-8(15(16)17)4-7(9)5-18-10-12-6-13-14-10/h2-4,6,11H,5H2,1H3,(H,12,13,14). The van der Waals surface area contributed by atoms with E-state index < -0.39 is 4.92 Å². The molecule has 0 fully saturated rings. The number of nitrogens with zero attached hydrogens (tertiary/aromatic N) is 3. The van der Waals surface area contributed by atoms with Crippen molar-refractivity contribution in [3.05, 3.63) is 40.2 Å². The number of aromatic amines is 1. The number of nitro groups is 1. The number of hydrogen-bond donors (Lipinski definition) is 2. The van der Waals surface area contributed by atoms with Gasteiger partial charge in [0, 0.05) is 30.6 Å². The Balaban J connectivity index is 2.18. The van der Waals surface area contributed by atoms with E-state index in [1.54, 1.807) is 19.2 Å². The van der Waals surface area contributed by atoms with E-state index in [0.29, 0.717) is 10.9 Å². The van der Waals surface area contributed by atoms with E-state index >= 15 is 0 Å². The molecule has 0 radical (unpaired) electrons. The molecule has 0 atom stereocenters. The van der Waals surface area contributed by atoms with Crippen LogP contribution in [0, 0.1) is 10.1 Å². The summed E-state index contributed by atoms with van der Waals surface area (Å²) in [4.78, 5) is 14.3. The summed E-state index contributed by atoms with van der Waals surface area (Å²) in [6.07, 6.45) is 1.43. The van der Waals surface area contributed by atoms with Crippen molar-refractivity contribution in [1.29, 1.82) is 0 Å². The van der Waals surface area contributed by atoms with Crippen LogP contribution in [0.5, 0.6) is 0 Å². The molecule has 7 nitrogen and oxygen atoms in total. The normalized spacial score (nSPS) is 10.3. The second kappa shape index (κ2) is 5.50. The fourth-order valence-corrected chi connectivity index (χ4v) is 2.24. The molecule has 0 amide bonds. The third-order valence-electron chi connectivity index (χ3n) is 2.33. The molecule has 0 aliphatic rings. The summed E-state index contributed by atoms with van der Waals surface area (Å²) in [5.74, 6) is 0.576. The predicted octanol–water partition coefficient (Wildman–Crippen LogP) is 2.05. The van der Waals surface area contributed by atoms with Crippen LogP contribution in [0.15, 0.2) is 29.7 Å². The first-order chi connectivity index (χ1) is 8.70. The number of hydrogen-bond acceptors (Lipinski definition) is 6. The van der Waals surface area contributed by atoms with Crippen molar-refractivity contribution in [1.82, 2.24) is 15.2 Å². The molecule has 1 heterocycles. The van der Waals surface area contributed by atoms with Crippen molar-refractivity contribution in [2.75, 3.05) is 12.4 Å². The van der Waals surface area contributed by atoms with Crippen LogP contribution in [0.2, 0.25) is 0 Å². The van der Waals surface area contributed by atoms with E-state index in [0.717, 1.165) is 11.3 Å². The summed E-state index contributed by atoms with van der Waals surface area (Å²) in [5, 5.41) is 20.9. The van der Waals surface area contributed by atoms with E-state index in [1.807, 2.05) is 0 Å². The van der Waals surface area contributed by atoms with Crippen LogP contribution < -0.4 is 5.32 Å². The van der Waals surface area contributed by atoms with Gasteiger partial charge in [-0.1, -0.05) is 11.8 Å². The van der Waals surface area contributed by atoms with E-state index in [1.165, 1.54) is 24.2 Å². The van der Waals surface area contributed by atoms with Gasteiger partial charge in [0.05, 0.1) is 4.92 Å². The van der Waals surface area contributed by atoms with Crippen LogP contribution in [-0.2, 0) is 5.75 Å². The zero-order valence-corrected chi connectivity index (χ0v) is 10.4. The van der Waals surface area contributed by atoms with Gasteiger partial charge in [0.15, 0.2) is 5.16 Å². The third-order valence-corrected chi connectivity index (χ3v) is 3.25. The summed E-state index contributed by atoms with van der Waals surface area (Å²) >= 11 is 1.44. The Bertz CT molecular complexity index is 543. The van der Waals surface area contributed by atoms with Crippen molar-refractivity contribution in [3.63, 3.8) is 0 Å². The molecule has 2 rings (SSSR count). The lowest BCUT2D eigenvalue weighted by Gasteiger charge is -2.07. The Morgan fingerprint density at radius 2 is 2.39 bits per heavy atom. The number of aromatic nitrogens is 3. The molecule has 0 bridgehead atoms. The molecule has 18 heavy (non-hydrogen) atoms. The molecule has 2 N–H and O–H groups in total. The van der Waals surface area contributed by atoms with Crippen molar-refractivity contribution < 1.29 is 4.92 Å². The molecule has 0 saturated carbocycles. The van der Waals surface area contributed by atoms with Gasteiger partial charge in [-0.25, -0.2) is 4.98 Å². The first-order valence-corrected chi connectivity index (χ1v) is 6.12. The summed E-state index contributed by atoms with van der Waals surface area (Å²) in [6.45, 7) is 0. The van der Waals surface area contributed by atoms with Gasteiger partial charge in [0.25, 0.3) is 5.69 Å². The van der Waals surface area contributed by atoms with Crippen molar-refractivity contribution in [2.24, 2.45) is 0 Å². The highest BCUT2D eigenvalue weighted by atomic mass is 32.2.